The van der Waals surface area contributed by atoms with Crippen molar-refractivity contribution in [3.8, 4) is 0 Å². The normalized spacial score (nSPS) is 12.8. The molecule has 0 fully saturated rings. The molecule has 15 heavy (non-hydrogen) atoms. The molecule has 1 aromatic carbocycles. The lowest BCUT2D eigenvalue weighted by Gasteiger charge is -2.12. The second-order valence-electron chi connectivity index (χ2n) is 3.51. The van der Waals surface area contributed by atoms with Gasteiger partial charge in [-0.15, -0.1) is 0 Å². The molecule has 84 valence electrons. The molecule has 0 aliphatic heterocycles. The lowest BCUT2D eigenvalue weighted by Crippen LogP contribution is -2.25. The van der Waals surface area contributed by atoms with Crippen LogP contribution in [0.15, 0.2) is 18.2 Å². The third-order valence-corrected chi connectivity index (χ3v) is 3.38. The van der Waals surface area contributed by atoms with Gasteiger partial charge >= 0.3 is 0 Å². The van der Waals surface area contributed by atoms with Gasteiger partial charge < -0.3 is 5.32 Å². The van der Waals surface area contributed by atoms with Crippen LogP contribution in [0, 0.1) is 0 Å². The predicted octanol–water partition coefficient (Wildman–Crippen LogP) is 4.26. The van der Waals surface area contributed by atoms with Crippen molar-refractivity contribution >= 4 is 39.1 Å². The predicted molar refractivity (Wildman–Crippen MR) is 71.2 cm³/mol. The number of rotatable bonds is 5. The average Bonchev–Trinajstić information content (AvgIpc) is 2.20. The Hall–Kier alpha value is 0.240. The van der Waals surface area contributed by atoms with Crippen molar-refractivity contribution in [1.82, 2.24) is 5.32 Å². The molecule has 0 bridgehead atoms. The minimum absolute atomic E-state index is 0.499. The van der Waals surface area contributed by atoms with E-state index in [4.69, 9.17) is 23.2 Å². The lowest BCUT2D eigenvalue weighted by atomic mass is 10.2. The van der Waals surface area contributed by atoms with Crippen molar-refractivity contribution in [2.24, 2.45) is 0 Å². The van der Waals surface area contributed by atoms with E-state index in [1.165, 1.54) is 0 Å². The number of halogens is 3. The third-order valence-electron chi connectivity index (χ3n) is 2.18. The summed E-state index contributed by atoms with van der Waals surface area (Å²) in [6.45, 7) is 2.99. The van der Waals surface area contributed by atoms with Gasteiger partial charge in [-0.1, -0.05) is 45.2 Å². The molecule has 0 aliphatic carbocycles. The summed E-state index contributed by atoms with van der Waals surface area (Å²) in [6.07, 6.45) is 1.11. The first-order chi connectivity index (χ1) is 7.13. The van der Waals surface area contributed by atoms with Crippen LogP contribution >= 0.6 is 39.1 Å². The maximum Gasteiger partial charge on any atom is 0.0595 e. The highest BCUT2D eigenvalue weighted by Gasteiger charge is 2.02. The molecule has 4 heteroatoms. The Morgan fingerprint density at radius 2 is 2.07 bits per heavy atom. The van der Waals surface area contributed by atoms with Crippen LogP contribution in [0.5, 0.6) is 0 Å². The van der Waals surface area contributed by atoms with Gasteiger partial charge in [0.1, 0.15) is 0 Å². The zero-order valence-corrected chi connectivity index (χ0v) is 11.7. The molecular weight excluding hydrogens is 297 g/mol. The van der Waals surface area contributed by atoms with E-state index in [1.807, 2.05) is 18.2 Å². The van der Waals surface area contributed by atoms with Crippen LogP contribution < -0.4 is 5.32 Å². The highest BCUT2D eigenvalue weighted by atomic mass is 79.9. The van der Waals surface area contributed by atoms with Gasteiger partial charge in [0, 0.05) is 17.9 Å². The topological polar surface area (TPSA) is 12.0 Å². The first-order valence-electron chi connectivity index (χ1n) is 4.86. The molecule has 0 amide bonds. The van der Waals surface area contributed by atoms with Crippen molar-refractivity contribution in [1.29, 1.82) is 0 Å². The quantitative estimate of drug-likeness (QED) is 0.801. The van der Waals surface area contributed by atoms with Gasteiger partial charge in [0.15, 0.2) is 0 Å². The van der Waals surface area contributed by atoms with E-state index in [-0.39, 0.29) is 0 Å². The number of hydrogen-bond donors (Lipinski definition) is 1. The minimum Gasteiger partial charge on any atom is -0.310 e. The fraction of sp³-hybridized carbons (Fsp3) is 0.455. The minimum atomic E-state index is 0.499. The van der Waals surface area contributed by atoms with E-state index >= 15 is 0 Å². The number of benzene rings is 1. The number of nitrogens with one attached hydrogen (secondary N) is 1. The Bertz CT molecular complexity index is 317. The standard InChI is InChI=1S/C11H14BrCl2N/c1-8(4-5-12)15-7-9-2-3-10(13)11(14)6-9/h2-3,6,8,15H,4-5,7H2,1H3. The second kappa shape index (κ2) is 6.74. The molecule has 1 N–H and O–H groups in total. The molecule has 1 unspecified atom stereocenters. The summed E-state index contributed by atoms with van der Waals surface area (Å²) < 4.78 is 0. The van der Waals surface area contributed by atoms with Crippen molar-refractivity contribution in [3.05, 3.63) is 33.8 Å². The summed E-state index contributed by atoms with van der Waals surface area (Å²) >= 11 is 15.2. The molecule has 0 aliphatic rings. The van der Waals surface area contributed by atoms with Crippen molar-refractivity contribution in [3.63, 3.8) is 0 Å². The van der Waals surface area contributed by atoms with Crippen LogP contribution in [0.3, 0.4) is 0 Å². The Kier molecular flexibility index (Phi) is 5.98. The highest BCUT2D eigenvalue weighted by molar-refractivity contribution is 9.09. The molecule has 1 aromatic rings. The molecule has 0 aromatic heterocycles. The fourth-order valence-corrected chi connectivity index (χ4v) is 2.21. The van der Waals surface area contributed by atoms with Crippen molar-refractivity contribution < 1.29 is 0 Å². The summed E-state index contributed by atoms with van der Waals surface area (Å²) in [5.74, 6) is 0. The van der Waals surface area contributed by atoms with Crippen LogP contribution in [0.25, 0.3) is 0 Å². The molecule has 1 atom stereocenters. The van der Waals surface area contributed by atoms with Gasteiger partial charge in [-0.3, -0.25) is 0 Å². The molecule has 0 saturated carbocycles. The smallest absolute Gasteiger partial charge is 0.0595 e. The Balaban J connectivity index is 2.47. The van der Waals surface area contributed by atoms with Crippen LogP contribution in [-0.4, -0.2) is 11.4 Å². The average molecular weight is 311 g/mol. The maximum atomic E-state index is 5.92. The molecule has 1 rings (SSSR count). The van der Waals surface area contributed by atoms with E-state index in [9.17, 15) is 0 Å². The molecule has 0 saturated heterocycles. The summed E-state index contributed by atoms with van der Waals surface area (Å²) in [5, 5.41) is 5.65. The second-order valence-corrected chi connectivity index (χ2v) is 5.12. The molecule has 1 nitrogen and oxygen atoms in total. The zero-order chi connectivity index (χ0) is 11.3. The molecular formula is C11H14BrCl2N. The lowest BCUT2D eigenvalue weighted by molar-refractivity contribution is 0.538. The maximum absolute atomic E-state index is 5.92. The van der Waals surface area contributed by atoms with Crippen molar-refractivity contribution in [2.45, 2.75) is 25.9 Å². The Labute approximate surface area is 109 Å². The van der Waals surface area contributed by atoms with E-state index in [0.717, 1.165) is 23.9 Å². The SMILES string of the molecule is CC(CCBr)NCc1ccc(Cl)c(Cl)c1. The number of hydrogen-bond acceptors (Lipinski definition) is 1. The van der Waals surface area contributed by atoms with Gasteiger partial charge in [0.05, 0.1) is 10.0 Å². The first-order valence-corrected chi connectivity index (χ1v) is 6.74. The first kappa shape index (κ1) is 13.3. The van der Waals surface area contributed by atoms with Crippen LogP contribution in [0.1, 0.15) is 18.9 Å². The molecule has 0 radical (unpaired) electrons. The van der Waals surface area contributed by atoms with Gasteiger partial charge in [0.2, 0.25) is 0 Å². The van der Waals surface area contributed by atoms with Gasteiger partial charge in [0.25, 0.3) is 0 Å². The Morgan fingerprint density at radius 1 is 1.33 bits per heavy atom. The van der Waals surface area contributed by atoms with Gasteiger partial charge in [-0.05, 0) is 31.0 Å². The van der Waals surface area contributed by atoms with E-state index < -0.39 is 0 Å². The van der Waals surface area contributed by atoms with E-state index in [0.29, 0.717) is 16.1 Å². The Morgan fingerprint density at radius 3 is 2.67 bits per heavy atom. The van der Waals surface area contributed by atoms with Gasteiger partial charge in [-0.2, -0.15) is 0 Å². The fourth-order valence-electron chi connectivity index (χ4n) is 1.21. The monoisotopic (exact) mass is 309 g/mol. The van der Waals surface area contributed by atoms with Crippen LogP contribution in [0.4, 0.5) is 0 Å². The summed E-state index contributed by atoms with van der Waals surface area (Å²) in [5.41, 5.74) is 1.16. The summed E-state index contributed by atoms with van der Waals surface area (Å²) in [6, 6.07) is 6.22. The van der Waals surface area contributed by atoms with Gasteiger partial charge in [-0.25, -0.2) is 0 Å². The highest BCUT2D eigenvalue weighted by Crippen LogP contribution is 2.22. The summed E-state index contributed by atoms with van der Waals surface area (Å²) in [7, 11) is 0. The van der Waals surface area contributed by atoms with Crippen molar-refractivity contribution in [2.75, 3.05) is 5.33 Å². The molecule has 0 spiro atoms. The molecule has 0 heterocycles. The number of alkyl halides is 1. The third kappa shape index (κ3) is 4.73. The van der Waals surface area contributed by atoms with E-state index in [1.54, 1.807) is 0 Å². The van der Waals surface area contributed by atoms with Crippen LogP contribution in [0.2, 0.25) is 10.0 Å². The zero-order valence-electron chi connectivity index (χ0n) is 8.56. The largest absolute Gasteiger partial charge is 0.310 e. The summed E-state index contributed by atoms with van der Waals surface area (Å²) in [4.78, 5) is 0. The van der Waals surface area contributed by atoms with Crippen LogP contribution in [-0.2, 0) is 6.54 Å². The van der Waals surface area contributed by atoms with E-state index in [2.05, 4.69) is 28.2 Å².